The summed E-state index contributed by atoms with van der Waals surface area (Å²) in [6.45, 7) is 3.53. The molecule has 0 atom stereocenters. The number of anilines is 2. The predicted molar refractivity (Wildman–Crippen MR) is 109 cm³/mol. The number of nitrogens with zero attached hydrogens (tertiary/aromatic N) is 4. The maximum Gasteiger partial charge on any atom is 0.234 e. The minimum Gasteiger partial charge on any atom is -0.326 e. The van der Waals surface area contributed by atoms with Gasteiger partial charge >= 0.3 is 0 Å². The Morgan fingerprint density at radius 3 is 2.46 bits per heavy atom. The minimum atomic E-state index is -0.194. The molecule has 0 bridgehead atoms. The Labute approximate surface area is 166 Å². The Morgan fingerprint density at radius 1 is 1.07 bits per heavy atom. The standard InChI is InChI=1S/C19H20N6O2S/c1-3-14-7-9-17(10-8-14)25-19(22-23-24-25)28-12-18(27)21-16-6-4-5-15(11-16)20-13(2)26/h4-11H,3,12H2,1-2H3,(H,20,26)(H,21,27). The third-order valence-corrected chi connectivity index (χ3v) is 4.75. The Balaban J connectivity index is 1.61. The van der Waals surface area contributed by atoms with E-state index in [1.165, 1.54) is 24.2 Å². The average molecular weight is 396 g/mol. The molecule has 3 rings (SSSR count). The van der Waals surface area contributed by atoms with Crippen LogP contribution in [0.2, 0.25) is 0 Å². The van der Waals surface area contributed by atoms with Crippen LogP contribution >= 0.6 is 11.8 Å². The topological polar surface area (TPSA) is 102 Å². The lowest BCUT2D eigenvalue weighted by molar-refractivity contribution is -0.114. The van der Waals surface area contributed by atoms with E-state index in [0.29, 0.717) is 16.5 Å². The summed E-state index contributed by atoms with van der Waals surface area (Å²) in [5, 5.41) is 17.7. The van der Waals surface area contributed by atoms with Gasteiger partial charge in [0.15, 0.2) is 0 Å². The van der Waals surface area contributed by atoms with E-state index in [0.717, 1.165) is 12.1 Å². The van der Waals surface area contributed by atoms with Crippen molar-refractivity contribution in [3.05, 3.63) is 54.1 Å². The summed E-state index contributed by atoms with van der Waals surface area (Å²) in [6.07, 6.45) is 0.959. The molecule has 0 aliphatic carbocycles. The molecule has 0 fully saturated rings. The second kappa shape index (κ2) is 9.14. The van der Waals surface area contributed by atoms with Crippen LogP contribution in [0.3, 0.4) is 0 Å². The van der Waals surface area contributed by atoms with E-state index in [1.807, 2.05) is 24.3 Å². The van der Waals surface area contributed by atoms with Gasteiger partial charge in [0, 0.05) is 18.3 Å². The van der Waals surface area contributed by atoms with Crippen molar-refractivity contribution in [2.75, 3.05) is 16.4 Å². The van der Waals surface area contributed by atoms with Gasteiger partial charge < -0.3 is 10.6 Å². The summed E-state index contributed by atoms with van der Waals surface area (Å²) in [6, 6.07) is 14.9. The number of tetrazole rings is 1. The lowest BCUT2D eigenvalue weighted by Crippen LogP contribution is -2.15. The first kappa shape index (κ1) is 19.6. The van der Waals surface area contributed by atoms with Crippen LogP contribution in [-0.2, 0) is 16.0 Å². The second-order valence-electron chi connectivity index (χ2n) is 5.99. The van der Waals surface area contributed by atoms with E-state index in [2.05, 4.69) is 33.1 Å². The SMILES string of the molecule is CCc1ccc(-n2nnnc2SCC(=O)Nc2cccc(NC(C)=O)c2)cc1. The van der Waals surface area contributed by atoms with Crippen LogP contribution in [0.1, 0.15) is 19.4 Å². The molecule has 0 aliphatic rings. The Morgan fingerprint density at radius 2 is 1.79 bits per heavy atom. The van der Waals surface area contributed by atoms with E-state index >= 15 is 0 Å². The number of aromatic nitrogens is 4. The predicted octanol–water partition coefficient (Wildman–Crippen LogP) is 2.91. The summed E-state index contributed by atoms with van der Waals surface area (Å²) >= 11 is 1.25. The molecular weight excluding hydrogens is 376 g/mol. The maximum absolute atomic E-state index is 12.3. The molecule has 0 aliphatic heterocycles. The van der Waals surface area contributed by atoms with Gasteiger partial charge in [0.05, 0.1) is 11.4 Å². The summed E-state index contributed by atoms with van der Waals surface area (Å²) in [7, 11) is 0. The number of carbonyl (C=O) groups is 2. The normalized spacial score (nSPS) is 10.5. The van der Waals surface area contributed by atoms with Crippen molar-refractivity contribution in [2.45, 2.75) is 25.4 Å². The zero-order valence-electron chi connectivity index (χ0n) is 15.5. The van der Waals surface area contributed by atoms with Crippen molar-refractivity contribution in [1.82, 2.24) is 20.2 Å². The molecule has 0 saturated heterocycles. The zero-order chi connectivity index (χ0) is 19.9. The quantitative estimate of drug-likeness (QED) is 0.596. The molecule has 28 heavy (non-hydrogen) atoms. The van der Waals surface area contributed by atoms with Crippen molar-refractivity contribution in [3.63, 3.8) is 0 Å². The highest BCUT2D eigenvalue weighted by Crippen LogP contribution is 2.20. The monoisotopic (exact) mass is 396 g/mol. The second-order valence-corrected chi connectivity index (χ2v) is 6.93. The summed E-state index contributed by atoms with van der Waals surface area (Å²) in [4.78, 5) is 23.4. The number of aryl methyl sites for hydroxylation is 1. The molecule has 0 unspecified atom stereocenters. The Hall–Kier alpha value is -3.20. The van der Waals surface area contributed by atoms with Gasteiger partial charge in [0.25, 0.3) is 0 Å². The maximum atomic E-state index is 12.3. The highest BCUT2D eigenvalue weighted by atomic mass is 32.2. The molecule has 2 amide bonds. The third-order valence-electron chi connectivity index (χ3n) is 3.83. The molecule has 0 radical (unpaired) electrons. The van der Waals surface area contributed by atoms with Crippen LogP contribution in [-0.4, -0.2) is 37.8 Å². The van der Waals surface area contributed by atoms with E-state index in [-0.39, 0.29) is 17.6 Å². The number of amides is 2. The summed E-state index contributed by atoms with van der Waals surface area (Å²) in [5.41, 5.74) is 3.30. The molecule has 1 heterocycles. The van der Waals surface area contributed by atoms with E-state index in [9.17, 15) is 9.59 Å². The minimum absolute atomic E-state index is 0.151. The fourth-order valence-electron chi connectivity index (χ4n) is 2.51. The lowest BCUT2D eigenvalue weighted by Gasteiger charge is -2.08. The van der Waals surface area contributed by atoms with Gasteiger partial charge in [0.1, 0.15) is 0 Å². The largest absolute Gasteiger partial charge is 0.326 e. The molecular formula is C19H20N6O2S. The molecule has 144 valence electrons. The number of hydrogen-bond acceptors (Lipinski definition) is 6. The van der Waals surface area contributed by atoms with E-state index in [4.69, 9.17) is 0 Å². The number of nitrogens with one attached hydrogen (secondary N) is 2. The van der Waals surface area contributed by atoms with Crippen LogP contribution in [0.4, 0.5) is 11.4 Å². The molecule has 9 heteroatoms. The van der Waals surface area contributed by atoms with Crippen molar-refractivity contribution >= 4 is 35.0 Å². The van der Waals surface area contributed by atoms with Crippen molar-refractivity contribution in [2.24, 2.45) is 0 Å². The number of carbonyl (C=O) groups excluding carboxylic acids is 2. The van der Waals surface area contributed by atoms with Crippen molar-refractivity contribution < 1.29 is 9.59 Å². The first-order valence-electron chi connectivity index (χ1n) is 8.73. The van der Waals surface area contributed by atoms with Crippen LogP contribution in [0.15, 0.2) is 53.7 Å². The van der Waals surface area contributed by atoms with Gasteiger partial charge in [0.2, 0.25) is 17.0 Å². The number of rotatable bonds is 7. The smallest absolute Gasteiger partial charge is 0.234 e. The third kappa shape index (κ3) is 5.17. The molecule has 8 nitrogen and oxygen atoms in total. The van der Waals surface area contributed by atoms with Gasteiger partial charge in [-0.1, -0.05) is 36.9 Å². The van der Waals surface area contributed by atoms with Crippen LogP contribution in [0.25, 0.3) is 5.69 Å². The average Bonchev–Trinajstić information content (AvgIpc) is 3.15. The summed E-state index contributed by atoms with van der Waals surface area (Å²) < 4.78 is 1.61. The molecule has 1 aromatic heterocycles. The Bertz CT molecular complexity index is 971. The van der Waals surface area contributed by atoms with E-state index < -0.39 is 0 Å². The highest BCUT2D eigenvalue weighted by Gasteiger charge is 2.12. The van der Waals surface area contributed by atoms with Crippen LogP contribution in [0, 0.1) is 0 Å². The first-order valence-corrected chi connectivity index (χ1v) is 9.71. The van der Waals surface area contributed by atoms with Gasteiger partial charge in [-0.15, -0.1) is 5.10 Å². The molecule has 0 saturated carbocycles. The molecule has 2 N–H and O–H groups in total. The fraction of sp³-hybridized carbons (Fsp3) is 0.211. The highest BCUT2D eigenvalue weighted by molar-refractivity contribution is 7.99. The van der Waals surface area contributed by atoms with Crippen LogP contribution in [0.5, 0.6) is 0 Å². The van der Waals surface area contributed by atoms with Crippen LogP contribution < -0.4 is 10.6 Å². The molecule has 0 spiro atoms. The van der Waals surface area contributed by atoms with Gasteiger partial charge in [-0.05, 0) is 52.7 Å². The van der Waals surface area contributed by atoms with Gasteiger partial charge in [-0.2, -0.15) is 4.68 Å². The van der Waals surface area contributed by atoms with E-state index in [1.54, 1.807) is 28.9 Å². The van der Waals surface area contributed by atoms with Gasteiger partial charge in [-0.25, -0.2) is 0 Å². The van der Waals surface area contributed by atoms with Crippen molar-refractivity contribution in [3.8, 4) is 5.69 Å². The van der Waals surface area contributed by atoms with Crippen molar-refractivity contribution in [1.29, 1.82) is 0 Å². The van der Waals surface area contributed by atoms with Gasteiger partial charge in [-0.3, -0.25) is 9.59 Å². The molecule has 3 aromatic rings. The zero-order valence-corrected chi connectivity index (χ0v) is 16.4. The molecule has 2 aromatic carbocycles. The first-order chi connectivity index (χ1) is 13.5. The Kier molecular flexibility index (Phi) is 6.38. The number of thioether (sulfide) groups is 1. The fourth-order valence-corrected chi connectivity index (χ4v) is 3.20. The number of hydrogen-bond donors (Lipinski definition) is 2. The summed E-state index contributed by atoms with van der Waals surface area (Å²) in [5.74, 6) is -0.212. The number of benzene rings is 2. The lowest BCUT2D eigenvalue weighted by atomic mass is 10.1.